The van der Waals surface area contributed by atoms with Gasteiger partial charge in [-0.15, -0.1) is 0 Å². The zero-order valence-electron chi connectivity index (χ0n) is 32.5. The summed E-state index contributed by atoms with van der Waals surface area (Å²) in [5, 5.41) is 1.12. The normalized spacial score (nSPS) is 13.1. The van der Waals surface area contributed by atoms with Gasteiger partial charge in [0, 0.05) is 43.6 Å². The van der Waals surface area contributed by atoms with E-state index in [0.29, 0.717) is 5.82 Å². The summed E-state index contributed by atoms with van der Waals surface area (Å²) in [6.45, 7) is 0. The van der Waals surface area contributed by atoms with Crippen LogP contribution in [0.3, 0.4) is 0 Å². The average molecular weight is 782 g/mol. The van der Waals surface area contributed by atoms with E-state index < -0.39 is 5.41 Å². The van der Waals surface area contributed by atoms with Crippen molar-refractivity contribution in [1.82, 2.24) is 15.0 Å². The summed E-state index contributed by atoms with van der Waals surface area (Å²) in [4.78, 5) is 18.0. The molecule has 2 aliphatic rings. The van der Waals surface area contributed by atoms with Crippen LogP contribution < -0.4 is 0 Å². The molecule has 0 saturated carbocycles. The Morgan fingerprint density at radius 1 is 0.367 bits per heavy atom. The lowest BCUT2D eigenvalue weighted by atomic mass is 9.67. The molecule has 60 heavy (non-hydrogen) atoms. The van der Waals surface area contributed by atoms with Crippen molar-refractivity contribution in [2.75, 3.05) is 0 Å². The van der Waals surface area contributed by atoms with Crippen LogP contribution in [-0.4, -0.2) is 15.0 Å². The lowest BCUT2D eigenvalue weighted by Crippen LogP contribution is -2.31. The van der Waals surface area contributed by atoms with Crippen molar-refractivity contribution in [1.29, 1.82) is 0 Å². The third-order valence-corrected chi connectivity index (χ3v) is 13.4. The molecule has 1 spiro atoms. The molecule has 8 aromatic carbocycles. The van der Waals surface area contributed by atoms with Crippen LogP contribution in [0.5, 0.6) is 0 Å². The molecule has 0 N–H and O–H groups in total. The standard InChI is InChI=1S/C56H35N3S/c1-3-16-36(17-4-1)48-35-49(37-18-5-2-6-19-37)59-55(58-48)40-22-11-21-39(34-40)41-24-13-29-46-52(41)53-42(43-26-12-20-38-23-15-33-57-54(38)43)25-14-30-47(53)56(46)44-27-7-9-31-50(44)60-51-32-10-8-28-45(51)56/h1-35H. The molecular weight excluding hydrogens is 747 g/mol. The molecule has 1 aliphatic heterocycles. The van der Waals surface area contributed by atoms with E-state index in [2.05, 4.69) is 188 Å². The van der Waals surface area contributed by atoms with E-state index in [1.165, 1.54) is 54.3 Å². The number of hydrogen-bond acceptors (Lipinski definition) is 4. The molecule has 0 fully saturated rings. The Hall–Kier alpha value is -7.40. The van der Waals surface area contributed by atoms with E-state index in [1.54, 1.807) is 0 Å². The highest BCUT2D eigenvalue weighted by molar-refractivity contribution is 7.99. The van der Waals surface area contributed by atoms with Gasteiger partial charge in [0.2, 0.25) is 0 Å². The molecule has 2 aromatic heterocycles. The minimum absolute atomic E-state index is 0.539. The van der Waals surface area contributed by atoms with Gasteiger partial charge in [-0.1, -0.05) is 188 Å². The summed E-state index contributed by atoms with van der Waals surface area (Å²) in [6.07, 6.45) is 1.91. The number of fused-ring (bicyclic) bond motifs is 10. The molecule has 0 unspecified atom stereocenters. The second-order valence-corrected chi connectivity index (χ2v) is 16.5. The number of para-hydroxylation sites is 1. The van der Waals surface area contributed by atoms with Crippen molar-refractivity contribution in [3.63, 3.8) is 0 Å². The fraction of sp³-hybridized carbons (Fsp3) is 0.0179. The second kappa shape index (κ2) is 13.9. The van der Waals surface area contributed by atoms with Crippen molar-refractivity contribution in [3.05, 3.63) is 235 Å². The highest BCUT2D eigenvalue weighted by atomic mass is 32.2. The van der Waals surface area contributed by atoms with Crippen LogP contribution in [0.2, 0.25) is 0 Å². The summed E-state index contributed by atoms with van der Waals surface area (Å²) in [5.41, 5.74) is 17.6. The maximum Gasteiger partial charge on any atom is 0.160 e. The predicted molar refractivity (Wildman–Crippen MR) is 246 cm³/mol. The third kappa shape index (κ3) is 5.28. The Labute approximate surface area is 353 Å². The van der Waals surface area contributed by atoms with E-state index in [-0.39, 0.29) is 0 Å². The van der Waals surface area contributed by atoms with Gasteiger partial charge >= 0.3 is 0 Å². The van der Waals surface area contributed by atoms with Gasteiger partial charge in [-0.2, -0.15) is 0 Å². The Morgan fingerprint density at radius 2 is 0.867 bits per heavy atom. The molecule has 0 amide bonds. The number of pyridine rings is 1. The fourth-order valence-electron chi connectivity index (χ4n) is 9.69. The molecule has 1 aliphatic carbocycles. The molecular formula is C56H35N3S. The average Bonchev–Trinajstić information content (AvgIpc) is 3.63. The molecule has 0 bridgehead atoms. The quantitative estimate of drug-likeness (QED) is 0.174. The van der Waals surface area contributed by atoms with Gasteiger partial charge in [0.05, 0.1) is 22.3 Å². The molecule has 4 heteroatoms. The molecule has 12 rings (SSSR count). The Kier molecular flexibility index (Phi) is 8.00. The van der Waals surface area contributed by atoms with Gasteiger partial charge < -0.3 is 0 Å². The summed E-state index contributed by atoms with van der Waals surface area (Å²) in [7, 11) is 0. The molecule has 0 radical (unpaired) electrons. The fourth-order valence-corrected chi connectivity index (χ4v) is 10.9. The van der Waals surface area contributed by atoms with Gasteiger partial charge in [0.25, 0.3) is 0 Å². The van der Waals surface area contributed by atoms with Crippen molar-refractivity contribution in [2.45, 2.75) is 15.2 Å². The van der Waals surface area contributed by atoms with Crippen LogP contribution in [0, 0.1) is 0 Å². The third-order valence-electron chi connectivity index (χ3n) is 12.2. The maximum absolute atomic E-state index is 5.22. The zero-order valence-corrected chi connectivity index (χ0v) is 33.3. The molecule has 280 valence electrons. The minimum atomic E-state index is -0.539. The van der Waals surface area contributed by atoms with Crippen LogP contribution in [-0.2, 0) is 5.41 Å². The van der Waals surface area contributed by atoms with Crippen molar-refractivity contribution in [3.8, 4) is 67.3 Å². The zero-order chi connectivity index (χ0) is 39.6. The summed E-state index contributed by atoms with van der Waals surface area (Å²) in [5.74, 6) is 0.691. The van der Waals surface area contributed by atoms with Gasteiger partial charge in [0.1, 0.15) is 0 Å². The Balaban J connectivity index is 1.14. The lowest BCUT2D eigenvalue weighted by Gasteiger charge is -2.39. The van der Waals surface area contributed by atoms with Gasteiger partial charge in [-0.05, 0) is 80.4 Å². The maximum atomic E-state index is 5.22. The van der Waals surface area contributed by atoms with Crippen LogP contribution in [0.25, 0.3) is 78.2 Å². The smallest absolute Gasteiger partial charge is 0.160 e. The predicted octanol–water partition coefficient (Wildman–Crippen LogP) is 14.2. The topological polar surface area (TPSA) is 38.7 Å². The second-order valence-electron chi connectivity index (χ2n) is 15.5. The number of rotatable bonds is 5. The summed E-state index contributed by atoms with van der Waals surface area (Å²) >= 11 is 1.87. The van der Waals surface area contributed by atoms with Crippen molar-refractivity contribution >= 4 is 22.7 Å². The van der Waals surface area contributed by atoms with Crippen LogP contribution >= 0.6 is 11.8 Å². The molecule has 0 atom stereocenters. The summed E-state index contributed by atoms with van der Waals surface area (Å²) < 4.78 is 0. The van der Waals surface area contributed by atoms with E-state index in [0.717, 1.165) is 50.1 Å². The minimum Gasteiger partial charge on any atom is -0.256 e. The highest BCUT2D eigenvalue weighted by Crippen LogP contribution is 2.65. The molecule has 10 aromatic rings. The van der Waals surface area contributed by atoms with E-state index in [1.807, 2.05) is 36.2 Å². The SMILES string of the molecule is c1ccc(-c2cc(-c3ccccc3)nc(-c3cccc(-c4cccc5c4-c4c(-c6cccc7cccnc67)cccc4C54c5ccccc5Sc5ccccc54)c3)n2)cc1. The first-order chi connectivity index (χ1) is 29.8. The van der Waals surface area contributed by atoms with Crippen LogP contribution in [0.1, 0.15) is 22.3 Å². The first-order valence-corrected chi connectivity index (χ1v) is 21.2. The Morgan fingerprint density at radius 3 is 1.55 bits per heavy atom. The summed E-state index contributed by atoms with van der Waals surface area (Å²) in [6, 6.07) is 74.2. The first kappa shape index (κ1) is 34.6. The van der Waals surface area contributed by atoms with E-state index in [4.69, 9.17) is 15.0 Å². The van der Waals surface area contributed by atoms with E-state index >= 15 is 0 Å². The van der Waals surface area contributed by atoms with E-state index in [9.17, 15) is 0 Å². The molecule has 3 heterocycles. The molecule has 0 saturated heterocycles. The van der Waals surface area contributed by atoms with Crippen LogP contribution in [0.15, 0.2) is 222 Å². The number of benzene rings is 8. The number of aromatic nitrogens is 3. The highest BCUT2D eigenvalue weighted by Gasteiger charge is 2.51. The van der Waals surface area contributed by atoms with Gasteiger partial charge in [-0.25, -0.2) is 9.97 Å². The van der Waals surface area contributed by atoms with Crippen molar-refractivity contribution < 1.29 is 0 Å². The largest absolute Gasteiger partial charge is 0.256 e. The Bertz CT molecular complexity index is 3190. The van der Waals surface area contributed by atoms with Crippen LogP contribution in [0.4, 0.5) is 0 Å². The number of hydrogen-bond donors (Lipinski definition) is 0. The van der Waals surface area contributed by atoms with Gasteiger partial charge in [-0.3, -0.25) is 4.98 Å². The monoisotopic (exact) mass is 781 g/mol. The number of nitrogens with zero attached hydrogens (tertiary/aromatic N) is 3. The molecule has 3 nitrogen and oxygen atoms in total. The van der Waals surface area contributed by atoms with Crippen molar-refractivity contribution in [2.24, 2.45) is 0 Å². The lowest BCUT2D eigenvalue weighted by molar-refractivity contribution is 0.722. The first-order valence-electron chi connectivity index (χ1n) is 20.3. The van der Waals surface area contributed by atoms with Gasteiger partial charge in [0.15, 0.2) is 5.82 Å².